The molecule has 2 aromatic carbocycles. The van der Waals surface area contributed by atoms with Gasteiger partial charge in [0.05, 0.1) is 6.54 Å². The molecule has 1 fully saturated rings. The summed E-state index contributed by atoms with van der Waals surface area (Å²) in [6, 6.07) is 14.9. The Kier molecular flexibility index (Phi) is 7.04. The molecule has 3 rings (SSSR count). The normalized spacial score (nSPS) is 15.0. The largest absolute Gasteiger partial charge is 0.370 e. The number of aryl methyl sites for hydroxylation is 1. The van der Waals surface area contributed by atoms with E-state index in [9.17, 15) is 4.39 Å². The van der Waals surface area contributed by atoms with Crippen LogP contribution in [0.5, 0.6) is 0 Å². The first-order chi connectivity index (χ1) is 11.6. The second-order valence-corrected chi connectivity index (χ2v) is 6.05. The van der Waals surface area contributed by atoms with Crippen molar-refractivity contribution < 1.29 is 4.39 Å². The van der Waals surface area contributed by atoms with Crippen molar-refractivity contribution in [2.24, 2.45) is 10.7 Å². The number of nitrogens with two attached hydrogens (primary N) is 1. The third-order valence-corrected chi connectivity index (χ3v) is 4.47. The molecule has 0 aromatic heterocycles. The molecule has 1 aliphatic heterocycles. The maximum atomic E-state index is 13.0. The number of aliphatic imine (C=N–C) groups is 1. The van der Waals surface area contributed by atoms with E-state index in [1.807, 2.05) is 24.3 Å². The average molecular weight is 454 g/mol. The van der Waals surface area contributed by atoms with Gasteiger partial charge in [-0.25, -0.2) is 9.38 Å². The molecule has 6 heteroatoms. The minimum absolute atomic E-state index is 0. The number of hydrogen-bond acceptors (Lipinski definition) is 2. The lowest BCUT2D eigenvalue weighted by molar-refractivity contribution is 0.380. The van der Waals surface area contributed by atoms with Gasteiger partial charge in [0, 0.05) is 31.9 Å². The van der Waals surface area contributed by atoms with Crippen molar-refractivity contribution in [2.75, 3.05) is 31.1 Å². The summed E-state index contributed by atoms with van der Waals surface area (Å²) in [6.07, 6.45) is 0. The molecule has 0 aliphatic carbocycles. The molecule has 0 unspecified atom stereocenters. The molecule has 0 radical (unpaired) electrons. The minimum atomic E-state index is -0.204. The highest BCUT2D eigenvalue weighted by molar-refractivity contribution is 14.0. The number of guanidine groups is 1. The number of hydrogen-bond donors (Lipinski definition) is 1. The van der Waals surface area contributed by atoms with Crippen molar-refractivity contribution in [1.29, 1.82) is 0 Å². The third-order valence-electron chi connectivity index (χ3n) is 4.47. The van der Waals surface area contributed by atoms with Gasteiger partial charge in [0.25, 0.3) is 0 Å². The van der Waals surface area contributed by atoms with Gasteiger partial charge in [-0.1, -0.05) is 24.3 Å². The Hall–Kier alpha value is -1.83. The average Bonchev–Trinajstić information content (AvgIpc) is 2.62. The highest BCUT2D eigenvalue weighted by Crippen LogP contribution is 2.17. The zero-order valence-corrected chi connectivity index (χ0v) is 16.7. The highest BCUT2D eigenvalue weighted by atomic mass is 127. The molecule has 0 atom stereocenters. The lowest BCUT2D eigenvalue weighted by atomic mass is 10.1. The first-order valence-electron chi connectivity index (χ1n) is 8.23. The Bertz CT molecular complexity index is 710. The third kappa shape index (κ3) is 5.07. The Balaban J connectivity index is 0.00000225. The SMILES string of the molecule is Cc1ccccc1CN=C(N)N1CCN(c2ccc(F)cc2)CC1.I. The summed E-state index contributed by atoms with van der Waals surface area (Å²) in [6.45, 7) is 6.04. The van der Waals surface area contributed by atoms with E-state index < -0.39 is 0 Å². The quantitative estimate of drug-likeness (QED) is 0.440. The number of nitrogens with zero attached hydrogens (tertiary/aromatic N) is 3. The number of rotatable bonds is 3. The summed E-state index contributed by atoms with van der Waals surface area (Å²) >= 11 is 0. The first-order valence-corrected chi connectivity index (χ1v) is 8.23. The van der Waals surface area contributed by atoms with E-state index in [1.165, 1.54) is 23.3 Å². The van der Waals surface area contributed by atoms with Crippen LogP contribution in [0.2, 0.25) is 0 Å². The number of anilines is 1. The molecule has 0 spiro atoms. The highest BCUT2D eigenvalue weighted by Gasteiger charge is 2.18. The van der Waals surface area contributed by atoms with Crippen LogP contribution >= 0.6 is 24.0 Å². The van der Waals surface area contributed by atoms with E-state index in [-0.39, 0.29) is 29.8 Å². The van der Waals surface area contributed by atoms with E-state index >= 15 is 0 Å². The van der Waals surface area contributed by atoms with Crippen molar-refractivity contribution in [3.63, 3.8) is 0 Å². The second-order valence-electron chi connectivity index (χ2n) is 6.05. The lowest BCUT2D eigenvalue weighted by Gasteiger charge is -2.36. The van der Waals surface area contributed by atoms with Crippen molar-refractivity contribution in [1.82, 2.24) is 4.90 Å². The van der Waals surface area contributed by atoms with Crippen LogP contribution in [0.4, 0.5) is 10.1 Å². The molecule has 2 aromatic rings. The van der Waals surface area contributed by atoms with Crippen molar-refractivity contribution in [3.8, 4) is 0 Å². The Morgan fingerprint density at radius 1 is 1.04 bits per heavy atom. The number of piperazine rings is 1. The Morgan fingerprint density at radius 3 is 2.32 bits per heavy atom. The van der Waals surface area contributed by atoms with Gasteiger partial charge in [-0.3, -0.25) is 0 Å². The van der Waals surface area contributed by atoms with Gasteiger partial charge in [-0.2, -0.15) is 0 Å². The molecule has 1 heterocycles. The van der Waals surface area contributed by atoms with Gasteiger partial charge < -0.3 is 15.5 Å². The smallest absolute Gasteiger partial charge is 0.191 e. The molecule has 0 bridgehead atoms. The summed E-state index contributed by atoms with van der Waals surface area (Å²) in [5, 5.41) is 0. The molecule has 2 N–H and O–H groups in total. The van der Waals surface area contributed by atoms with E-state index in [2.05, 4.69) is 33.8 Å². The van der Waals surface area contributed by atoms with Crippen LogP contribution in [0.25, 0.3) is 0 Å². The zero-order chi connectivity index (χ0) is 16.9. The molecule has 0 amide bonds. The van der Waals surface area contributed by atoms with Crippen LogP contribution in [0.15, 0.2) is 53.5 Å². The van der Waals surface area contributed by atoms with E-state index in [0.717, 1.165) is 31.9 Å². The predicted molar refractivity (Wildman–Crippen MR) is 112 cm³/mol. The summed E-state index contributed by atoms with van der Waals surface area (Å²) < 4.78 is 13.0. The van der Waals surface area contributed by atoms with Crippen molar-refractivity contribution in [2.45, 2.75) is 13.5 Å². The van der Waals surface area contributed by atoms with Crippen LogP contribution < -0.4 is 10.6 Å². The van der Waals surface area contributed by atoms with Crippen LogP contribution in [0, 0.1) is 12.7 Å². The van der Waals surface area contributed by atoms with Crippen molar-refractivity contribution >= 4 is 35.6 Å². The van der Waals surface area contributed by atoms with E-state index in [0.29, 0.717) is 12.5 Å². The van der Waals surface area contributed by atoms with Gasteiger partial charge in [-0.15, -0.1) is 24.0 Å². The summed E-state index contributed by atoms with van der Waals surface area (Å²) in [7, 11) is 0. The zero-order valence-electron chi connectivity index (χ0n) is 14.4. The fraction of sp³-hybridized carbons (Fsp3) is 0.316. The molecule has 0 saturated carbocycles. The Morgan fingerprint density at radius 2 is 1.68 bits per heavy atom. The molecule has 1 saturated heterocycles. The van der Waals surface area contributed by atoms with Crippen LogP contribution in [0.1, 0.15) is 11.1 Å². The van der Waals surface area contributed by atoms with Gasteiger partial charge in [0.2, 0.25) is 0 Å². The monoisotopic (exact) mass is 454 g/mol. The number of halogens is 2. The minimum Gasteiger partial charge on any atom is -0.370 e. The summed E-state index contributed by atoms with van der Waals surface area (Å²) in [5.41, 5.74) is 9.64. The van der Waals surface area contributed by atoms with Crippen LogP contribution in [-0.4, -0.2) is 37.0 Å². The fourth-order valence-electron chi connectivity index (χ4n) is 2.90. The first kappa shape index (κ1) is 19.5. The van der Waals surface area contributed by atoms with E-state index in [4.69, 9.17) is 5.73 Å². The van der Waals surface area contributed by atoms with Gasteiger partial charge in [0.1, 0.15) is 5.82 Å². The molecular formula is C19H24FIN4. The standard InChI is InChI=1S/C19H23FN4.HI/c1-15-4-2-3-5-16(15)14-22-19(21)24-12-10-23(11-13-24)18-8-6-17(20)7-9-18;/h2-9H,10-14H2,1H3,(H2,21,22);1H. The van der Waals surface area contributed by atoms with Crippen molar-refractivity contribution in [3.05, 3.63) is 65.5 Å². The van der Waals surface area contributed by atoms with Gasteiger partial charge >= 0.3 is 0 Å². The molecule has 1 aliphatic rings. The fourth-order valence-corrected chi connectivity index (χ4v) is 2.90. The van der Waals surface area contributed by atoms with Crippen LogP contribution in [-0.2, 0) is 6.54 Å². The second kappa shape index (κ2) is 9.03. The predicted octanol–water partition coefficient (Wildman–Crippen LogP) is 3.39. The maximum Gasteiger partial charge on any atom is 0.191 e. The maximum absolute atomic E-state index is 13.0. The molecule has 4 nitrogen and oxygen atoms in total. The lowest BCUT2D eigenvalue weighted by Crippen LogP contribution is -2.51. The van der Waals surface area contributed by atoms with Crippen LogP contribution in [0.3, 0.4) is 0 Å². The molecular weight excluding hydrogens is 430 g/mol. The topological polar surface area (TPSA) is 44.9 Å². The summed E-state index contributed by atoms with van der Waals surface area (Å²) in [4.78, 5) is 8.89. The Labute approximate surface area is 165 Å². The van der Waals surface area contributed by atoms with E-state index in [1.54, 1.807) is 0 Å². The number of benzene rings is 2. The molecule has 25 heavy (non-hydrogen) atoms. The summed E-state index contributed by atoms with van der Waals surface area (Å²) in [5.74, 6) is 0.391. The molecule has 134 valence electrons. The van der Waals surface area contributed by atoms with Gasteiger partial charge in [-0.05, 0) is 42.3 Å². The van der Waals surface area contributed by atoms with Gasteiger partial charge in [0.15, 0.2) is 5.96 Å².